The van der Waals surface area contributed by atoms with Crippen molar-refractivity contribution < 1.29 is 4.79 Å². The van der Waals surface area contributed by atoms with E-state index in [1.54, 1.807) is 0 Å². The SMILES string of the molecule is CC[C@@H](C)c1ccc(Cn2c([C@H]3CC(=O)N(C)C3)nc3ccccc32)cc1. The van der Waals surface area contributed by atoms with E-state index in [1.165, 1.54) is 11.1 Å². The van der Waals surface area contributed by atoms with Gasteiger partial charge < -0.3 is 9.47 Å². The second-order valence-corrected chi connectivity index (χ2v) is 7.77. The van der Waals surface area contributed by atoms with Crippen LogP contribution in [0, 0.1) is 0 Å². The maximum Gasteiger partial charge on any atom is 0.223 e. The molecule has 1 saturated heterocycles. The second-order valence-electron chi connectivity index (χ2n) is 7.77. The molecule has 0 bridgehead atoms. The summed E-state index contributed by atoms with van der Waals surface area (Å²) in [6, 6.07) is 17.2. The van der Waals surface area contributed by atoms with Crippen LogP contribution in [-0.4, -0.2) is 34.0 Å². The number of rotatable bonds is 5. The zero-order valence-electron chi connectivity index (χ0n) is 16.4. The van der Waals surface area contributed by atoms with Gasteiger partial charge in [-0.3, -0.25) is 4.79 Å². The lowest BCUT2D eigenvalue weighted by molar-refractivity contribution is -0.126. The first-order valence-corrected chi connectivity index (χ1v) is 9.84. The van der Waals surface area contributed by atoms with Gasteiger partial charge >= 0.3 is 0 Å². The first-order valence-electron chi connectivity index (χ1n) is 9.84. The fourth-order valence-corrected chi connectivity index (χ4v) is 3.98. The van der Waals surface area contributed by atoms with Gasteiger partial charge in [0.05, 0.1) is 11.0 Å². The van der Waals surface area contributed by atoms with Gasteiger partial charge in [-0.15, -0.1) is 0 Å². The Morgan fingerprint density at radius 3 is 2.56 bits per heavy atom. The first-order chi connectivity index (χ1) is 13.1. The van der Waals surface area contributed by atoms with Gasteiger partial charge in [-0.05, 0) is 35.6 Å². The number of hydrogen-bond acceptors (Lipinski definition) is 2. The number of carbonyl (C=O) groups excluding carboxylic acids is 1. The van der Waals surface area contributed by atoms with Gasteiger partial charge in [-0.2, -0.15) is 0 Å². The number of benzene rings is 2. The van der Waals surface area contributed by atoms with Crippen LogP contribution in [0.15, 0.2) is 48.5 Å². The summed E-state index contributed by atoms with van der Waals surface area (Å²) in [5, 5.41) is 0. The highest BCUT2D eigenvalue weighted by molar-refractivity contribution is 5.80. The van der Waals surface area contributed by atoms with Gasteiger partial charge in [0, 0.05) is 32.5 Å². The molecule has 4 nitrogen and oxygen atoms in total. The zero-order valence-corrected chi connectivity index (χ0v) is 16.4. The molecular weight excluding hydrogens is 334 g/mol. The molecular formula is C23H27N3O. The largest absolute Gasteiger partial charge is 0.345 e. The van der Waals surface area contributed by atoms with Crippen LogP contribution < -0.4 is 0 Å². The van der Waals surface area contributed by atoms with Gasteiger partial charge in [-0.25, -0.2) is 4.98 Å². The van der Waals surface area contributed by atoms with Gasteiger partial charge in [0.1, 0.15) is 5.82 Å². The van der Waals surface area contributed by atoms with E-state index in [9.17, 15) is 4.79 Å². The highest BCUT2D eigenvalue weighted by atomic mass is 16.2. The van der Waals surface area contributed by atoms with Crippen LogP contribution in [0.4, 0.5) is 0 Å². The van der Waals surface area contributed by atoms with E-state index in [1.807, 2.05) is 18.0 Å². The van der Waals surface area contributed by atoms with Crippen LogP contribution in [-0.2, 0) is 11.3 Å². The zero-order chi connectivity index (χ0) is 19.0. The molecule has 1 fully saturated rings. The topological polar surface area (TPSA) is 38.1 Å². The van der Waals surface area contributed by atoms with Crippen molar-refractivity contribution in [3.8, 4) is 0 Å². The van der Waals surface area contributed by atoms with E-state index < -0.39 is 0 Å². The summed E-state index contributed by atoms with van der Waals surface area (Å²) in [7, 11) is 1.88. The number of hydrogen-bond donors (Lipinski definition) is 0. The van der Waals surface area contributed by atoms with Crippen molar-refractivity contribution in [2.75, 3.05) is 13.6 Å². The molecule has 2 atom stereocenters. The van der Waals surface area contributed by atoms with Gasteiger partial charge in [0.2, 0.25) is 5.91 Å². The van der Waals surface area contributed by atoms with Crippen molar-refractivity contribution in [3.05, 3.63) is 65.5 Å². The van der Waals surface area contributed by atoms with Crippen molar-refractivity contribution in [2.24, 2.45) is 0 Å². The molecule has 0 radical (unpaired) electrons. The molecule has 1 aliphatic heterocycles. The fourth-order valence-electron chi connectivity index (χ4n) is 3.98. The Bertz CT molecular complexity index is 957. The standard InChI is InChI=1S/C23H27N3O/c1-4-16(2)18-11-9-17(10-12-18)14-26-21-8-6-5-7-20(21)24-23(26)19-13-22(27)25(3)15-19/h5-12,16,19H,4,13-15H2,1-3H3/t16-,19+/m1/s1. The first kappa shape index (κ1) is 17.8. The number of aromatic nitrogens is 2. The third-order valence-corrected chi connectivity index (χ3v) is 5.89. The van der Waals surface area contributed by atoms with Gasteiger partial charge in [-0.1, -0.05) is 50.2 Å². The lowest BCUT2D eigenvalue weighted by Gasteiger charge is -2.15. The summed E-state index contributed by atoms with van der Waals surface area (Å²) in [5.74, 6) is 1.98. The van der Waals surface area contributed by atoms with E-state index in [0.717, 1.165) is 36.4 Å². The number of likely N-dealkylation sites (N-methyl/N-ethyl adjacent to an activating group) is 1. The van der Waals surface area contributed by atoms with Crippen LogP contribution in [0.5, 0.6) is 0 Å². The molecule has 0 saturated carbocycles. The minimum absolute atomic E-state index is 0.161. The Morgan fingerprint density at radius 1 is 1.15 bits per heavy atom. The van der Waals surface area contributed by atoms with Gasteiger partial charge in [0.15, 0.2) is 0 Å². The Balaban J connectivity index is 1.70. The van der Waals surface area contributed by atoms with Crippen LogP contribution in [0.3, 0.4) is 0 Å². The van der Waals surface area contributed by atoms with Crippen LogP contribution in [0.2, 0.25) is 0 Å². The van der Waals surface area contributed by atoms with Crippen LogP contribution in [0.1, 0.15) is 55.5 Å². The summed E-state index contributed by atoms with van der Waals surface area (Å²) < 4.78 is 2.30. The van der Waals surface area contributed by atoms with Crippen LogP contribution in [0.25, 0.3) is 11.0 Å². The number of imidazole rings is 1. The second kappa shape index (κ2) is 7.18. The summed E-state index contributed by atoms with van der Waals surface area (Å²) in [6.07, 6.45) is 1.70. The van der Waals surface area contributed by atoms with Crippen molar-refractivity contribution in [1.29, 1.82) is 0 Å². The molecule has 1 amide bonds. The summed E-state index contributed by atoms with van der Waals surface area (Å²) in [4.78, 5) is 18.8. The Labute approximate surface area is 160 Å². The molecule has 1 aliphatic rings. The number of para-hydroxylation sites is 2. The van der Waals surface area contributed by atoms with E-state index in [-0.39, 0.29) is 11.8 Å². The van der Waals surface area contributed by atoms with E-state index >= 15 is 0 Å². The van der Waals surface area contributed by atoms with E-state index in [2.05, 4.69) is 60.9 Å². The molecule has 3 aromatic rings. The number of amides is 1. The predicted molar refractivity (Wildman–Crippen MR) is 109 cm³/mol. The maximum absolute atomic E-state index is 12.1. The van der Waals surface area contributed by atoms with Crippen molar-refractivity contribution in [2.45, 2.75) is 45.1 Å². The highest BCUT2D eigenvalue weighted by Crippen LogP contribution is 2.30. The molecule has 0 spiro atoms. The minimum Gasteiger partial charge on any atom is -0.345 e. The number of likely N-dealkylation sites (tertiary alicyclic amines) is 1. The van der Waals surface area contributed by atoms with Crippen molar-refractivity contribution >= 4 is 16.9 Å². The average Bonchev–Trinajstić information content (AvgIpc) is 3.22. The summed E-state index contributed by atoms with van der Waals surface area (Å²) >= 11 is 0. The Kier molecular flexibility index (Phi) is 4.73. The maximum atomic E-state index is 12.1. The Morgan fingerprint density at radius 2 is 1.89 bits per heavy atom. The van der Waals surface area contributed by atoms with E-state index in [0.29, 0.717) is 12.3 Å². The third-order valence-electron chi connectivity index (χ3n) is 5.89. The van der Waals surface area contributed by atoms with E-state index in [4.69, 9.17) is 4.98 Å². The molecule has 140 valence electrons. The summed E-state index contributed by atoms with van der Waals surface area (Å²) in [6.45, 7) is 6.02. The molecule has 1 aromatic heterocycles. The van der Waals surface area contributed by atoms with Crippen molar-refractivity contribution in [3.63, 3.8) is 0 Å². The fraction of sp³-hybridized carbons (Fsp3) is 0.391. The molecule has 4 heteroatoms. The Hall–Kier alpha value is -2.62. The minimum atomic E-state index is 0.161. The number of carbonyl (C=O) groups is 1. The molecule has 4 rings (SSSR count). The molecule has 0 N–H and O–H groups in total. The van der Waals surface area contributed by atoms with Crippen molar-refractivity contribution in [1.82, 2.24) is 14.5 Å². The average molecular weight is 361 g/mol. The summed E-state index contributed by atoms with van der Waals surface area (Å²) in [5.41, 5.74) is 4.80. The third kappa shape index (κ3) is 3.36. The highest BCUT2D eigenvalue weighted by Gasteiger charge is 2.31. The number of fused-ring (bicyclic) bond motifs is 1. The monoisotopic (exact) mass is 361 g/mol. The number of nitrogens with zero attached hydrogens (tertiary/aromatic N) is 3. The molecule has 0 aliphatic carbocycles. The van der Waals surface area contributed by atoms with Gasteiger partial charge in [0.25, 0.3) is 0 Å². The smallest absolute Gasteiger partial charge is 0.223 e. The normalized spacial score (nSPS) is 18.4. The molecule has 27 heavy (non-hydrogen) atoms. The predicted octanol–water partition coefficient (Wildman–Crippen LogP) is 4.54. The quantitative estimate of drug-likeness (QED) is 0.669. The molecule has 2 heterocycles. The van der Waals surface area contributed by atoms with Crippen LogP contribution >= 0.6 is 0 Å². The lowest BCUT2D eigenvalue weighted by atomic mass is 9.97. The molecule has 0 unspecified atom stereocenters. The lowest BCUT2D eigenvalue weighted by Crippen LogP contribution is -2.19. The molecule has 2 aromatic carbocycles.